The first-order valence-electron chi connectivity index (χ1n) is 5.80. The maximum absolute atomic E-state index is 13.1. The van der Waals surface area contributed by atoms with E-state index in [2.05, 4.69) is 4.98 Å². The van der Waals surface area contributed by atoms with Crippen LogP contribution in [0.4, 0.5) is 4.39 Å². The summed E-state index contributed by atoms with van der Waals surface area (Å²) in [5.41, 5.74) is 1.55. The van der Waals surface area contributed by atoms with Crippen LogP contribution in [0.5, 0.6) is 0 Å². The summed E-state index contributed by atoms with van der Waals surface area (Å²) in [4.78, 5) is 4.29. The number of aliphatic hydroxyl groups excluding tert-OH is 1. The zero-order valence-corrected chi connectivity index (χ0v) is 10.3. The summed E-state index contributed by atoms with van der Waals surface area (Å²) in [6, 6.07) is 4.88. The molecule has 1 aromatic heterocycles. The molecule has 1 aromatic carbocycles. The SMILES string of the molecule is OC1CC(n2cnc(-c3ccc(F)c(Cl)c3)c2)C1. The van der Waals surface area contributed by atoms with E-state index in [0.29, 0.717) is 6.04 Å². The summed E-state index contributed by atoms with van der Waals surface area (Å²) in [5.74, 6) is -0.429. The van der Waals surface area contributed by atoms with Crippen molar-refractivity contribution in [1.82, 2.24) is 9.55 Å². The van der Waals surface area contributed by atoms with Crippen molar-refractivity contribution in [2.45, 2.75) is 25.0 Å². The Bertz CT molecular complexity index is 578. The predicted octanol–water partition coefficient (Wildman–Crippen LogP) is 3.04. The summed E-state index contributed by atoms with van der Waals surface area (Å²) >= 11 is 5.75. The Balaban J connectivity index is 1.86. The van der Waals surface area contributed by atoms with Crippen molar-refractivity contribution in [2.75, 3.05) is 0 Å². The zero-order valence-electron chi connectivity index (χ0n) is 9.55. The largest absolute Gasteiger partial charge is 0.393 e. The summed E-state index contributed by atoms with van der Waals surface area (Å²) in [5, 5.41) is 9.38. The summed E-state index contributed by atoms with van der Waals surface area (Å²) < 4.78 is 15.1. The molecule has 0 bridgehead atoms. The Hall–Kier alpha value is -1.39. The number of hydrogen-bond acceptors (Lipinski definition) is 2. The number of imidazole rings is 1. The van der Waals surface area contributed by atoms with E-state index in [1.807, 2.05) is 10.8 Å². The third-order valence-electron chi connectivity index (χ3n) is 3.33. The highest BCUT2D eigenvalue weighted by molar-refractivity contribution is 6.31. The number of aliphatic hydroxyl groups is 1. The molecule has 0 radical (unpaired) electrons. The summed E-state index contributed by atoms with van der Waals surface area (Å²) in [6.45, 7) is 0. The van der Waals surface area contributed by atoms with Crippen molar-refractivity contribution in [1.29, 1.82) is 0 Å². The number of benzene rings is 1. The second-order valence-corrected chi connectivity index (χ2v) is 5.02. The fraction of sp³-hybridized carbons (Fsp3) is 0.308. The molecular weight excluding hydrogens is 255 g/mol. The van der Waals surface area contributed by atoms with Crippen LogP contribution in [-0.4, -0.2) is 20.8 Å². The van der Waals surface area contributed by atoms with Crippen LogP contribution in [0.3, 0.4) is 0 Å². The predicted molar refractivity (Wildman–Crippen MR) is 66.9 cm³/mol. The molecule has 0 spiro atoms. The molecule has 1 aliphatic rings. The maximum Gasteiger partial charge on any atom is 0.141 e. The molecule has 18 heavy (non-hydrogen) atoms. The van der Waals surface area contributed by atoms with Gasteiger partial charge < -0.3 is 9.67 Å². The van der Waals surface area contributed by atoms with Crippen LogP contribution >= 0.6 is 11.6 Å². The molecule has 2 aromatic rings. The lowest BCUT2D eigenvalue weighted by Crippen LogP contribution is -2.30. The zero-order chi connectivity index (χ0) is 12.7. The first kappa shape index (κ1) is 11.7. The fourth-order valence-corrected chi connectivity index (χ4v) is 2.32. The molecule has 0 atom stereocenters. The highest BCUT2D eigenvalue weighted by atomic mass is 35.5. The van der Waals surface area contributed by atoms with Crippen molar-refractivity contribution in [2.24, 2.45) is 0 Å². The average Bonchev–Trinajstić information content (AvgIpc) is 2.78. The standard InChI is InChI=1S/C13H12ClFN2O/c14-11-3-8(1-2-12(11)15)13-6-17(7-16-13)9-4-10(18)5-9/h1-3,6-7,9-10,18H,4-5H2. The van der Waals surface area contributed by atoms with Gasteiger partial charge in [-0.25, -0.2) is 9.37 Å². The van der Waals surface area contributed by atoms with Gasteiger partial charge in [0.05, 0.1) is 23.1 Å². The van der Waals surface area contributed by atoms with Crippen molar-refractivity contribution < 1.29 is 9.50 Å². The molecule has 1 aliphatic carbocycles. The Morgan fingerprint density at radius 1 is 1.39 bits per heavy atom. The van der Waals surface area contributed by atoms with Gasteiger partial charge in [0.2, 0.25) is 0 Å². The van der Waals surface area contributed by atoms with Gasteiger partial charge in [-0.15, -0.1) is 0 Å². The van der Waals surface area contributed by atoms with Crippen molar-refractivity contribution in [3.63, 3.8) is 0 Å². The second kappa shape index (κ2) is 4.37. The molecule has 1 heterocycles. The number of rotatable bonds is 2. The van der Waals surface area contributed by atoms with Gasteiger partial charge in [0.1, 0.15) is 5.82 Å². The monoisotopic (exact) mass is 266 g/mol. The van der Waals surface area contributed by atoms with Gasteiger partial charge in [-0.3, -0.25) is 0 Å². The molecule has 3 nitrogen and oxygen atoms in total. The van der Waals surface area contributed by atoms with Gasteiger partial charge in [-0.1, -0.05) is 11.6 Å². The Morgan fingerprint density at radius 2 is 2.17 bits per heavy atom. The van der Waals surface area contributed by atoms with E-state index in [1.165, 1.54) is 6.07 Å². The van der Waals surface area contributed by atoms with Crippen LogP contribution in [-0.2, 0) is 0 Å². The number of halogens is 2. The molecule has 94 valence electrons. The first-order chi connectivity index (χ1) is 8.63. The van der Waals surface area contributed by atoms with Crippen molar-refractivity contribution >= 4 is 11.6 Å². The molecule has 1 saturated carbocycles. The van der Waals surface area contributed by atoms with Crippen LogP contribution in [0.25, 0.3) is 11.3 Å². The third kappa shape index (κ3) is 2.02. The molecule has 1 N–H and O–H groups in total. The fourth-order valence-electron chi connectivity index (χ4n) is 2.14. The Morgan fingerprint density at radius 3 is 2.83 bits per heavy atom. The number of hydrogen-bond donors (Lipinski definition) is 1. The van der Waals surface area contributed by atoms with Gasteiger partial charge >= 0.3 is 0 Å². The van der Waals surface area contributed by atoms with Gasteiger partial charge in [0.25, 0.3) is 0 Å². The Kier molecular flexibility index (Phi) is 2.84. The van der Waals surface area contributed by atoms with Crippen molar-refractivity contribution in [3.05, 3.63) is 41.6 Å². The van der Waals surface area contributed by atoms with Gasteiger partial charge in [0, 0.05) is 17.8 Å². The molecule has 3 rings (SSSR count). The smallest absolute Gasteiger partial charge is 0.141 e. The first-order valence-corrected chi connectivity index (χ1v) is 6.18. The molecule has 5 heteroatoms. The van der Waals surface area contributed by atoms with Crippen molar-refractivity contribution in [3.8, 4) is 11.3 Å². The minimum Gasteiger partial charge on any atom is -0.393 e. The quantitative estimate of drug-likeness (QED) is 0.907. The molecule has 0 unspecified atom stereocenters. The van der Waals surface area contributed by atoms with Crippen LogP contribution in [0.1, 0.15) is 18.9 Å². The van der Waals surface area contributed by atoms with E-state index < -0.39 is 5.82 Å². The maximum atomic E-state index is 13.1. The van der Waals surface area contributed by atoms with E-state index >= 15 is 0 Å². The average molecular weight is 267 g/mol. The summed E-state index contributed by atoms with van der Waals surface area (Å²) in [6.07, 6.45) is 4.98. The lowest BCUT2D eigenvalue weighted by Gasteiger charge is -2.32. The normalized spacial score (nSPS) is 22.8. The van der Waals surface area contributed by atoms with E-state index in [-0.39, 0.29) is 11.1 Å². The van der Waals surface area contributed by atoms with E-state index in [4.69, 9.17) is 11.6 Å². The highest BCUT2D eigenvalue weighted by Gasteiger charge is 2.28. The Labute approximate surface area is 109 Å². The molecular formula is C13H12ClFN2O. The van der Waals surface area contributed by atoms with Gasteiger partial charge in [-0.05, 0) is 31.0 Å². The minimum absolute atomic E-state index is 0.0983. The van der Waals surface area contributed by atoms with Crippen LogP contribution in [0, 0.1) is 5.82 Å². The minimum atomic E-state index is -0.429. The van der Waals surface area contributed by atoms with Gasteiger partial charge in [-0.2, -0.15) is 0 Å². The lowest BCUT2D eigenvalue weighted by atomic mass is 9.89. The second-order valence-electron chi connectivity index (χ2n) is 4.61. The topological polar surface area (TPSA) is 38.0 Å². The highest BCUT2D eigenvalue weighted by Crippen LogP contribution is 2.33. The van der Waals surface area contributed by atoms with E-state index in [1.54, 1.807) is 18.5 Å². The van der Waals surface area contributed by atoms with Crippen LogP contribution < -0.4 is 0 Å². The van der Waals surface area contributed by atoms with E-state index in [9.17, 15) is 9.50 Å². The lowest BCUT2D eigenvalue weighted by molar-refractivity contribution is 0.0485. The van der Waals surface area contributed by atoms with E-state index in [0.717, 1.165) is 24.1 Å². The van der Waals surface area contributed by atoms with Crippen LogP contribution in [0.2, 0.25) is 5.02 Å². The molecule has 0 aliphatic heterocycles. The molecule has 1 fully saturated rings. The number of nitrogens with zero attached hydrogens (tertiary/aromatic N) is 2. The van der Waals surface area contributed by atoms with Crippen LogP contribution in [0.15, 0.2) is 30.7 Å². The number of aromatic nitrogens is 2. The third-order valence-corrected chi connectivity index (χ3v) is 3.62. The summed E-state index contributed by atoms with van der Waals surface area (Å²) in [7, 11) is 0. The molecule has 0 saturated heterocycles. The molecule has 0 amide bonds. The van der Waals surface area contributed by atoms with Gasteiger partial charge in [0.15, 0.2) is 0 Å².